The molecule has 0 aromatic heterocycles. The number of rotatable bonds is 1. The van der Waals surface area contributed by atoms with Crippen LogP contribution in [-0.2, 0) is 6.42 Å². The third kappa shape index (κ3) is 2.19. The van der Waals surface area contributed by atoms with E-state index in [1.165, 1.54) is 32.2 Å². The average Bonchev–Trinajstić information content (AvgIpc) is 2.39. The number of hydrogen-bond donors (Lipinski definition) is 1. The van der Waals surface area contributed by atoms with Crippen LogP contribution in [0.25, 0.3) is 0 Å². The highest BCUT2D eigenvalue weighted by Crippen LogP contribution is 2.35. The second-order valence-electron chi connectivity index (χ2n) is 5.99. The highest BCUT2D eigenvalue weighted by Gasteiger charge is 2.32. The van der Waals surface area contributed by atoms with E-state index in [1.807, 2.05) is 0 Å². The van der Waals surface area contributed by atoms with Crippen molar-refractivity contribution in [1.29, 1.82) is 0 Å². The second kappa shape index (κ2) is 5.02. The number of aryl methyl sites for hydroxylation is 1. The lowest BCUT2D eigenvalue weighted by atomic mass is 9.79. The Kier molecular flexibility index (Phi) is 3.40. The predicted molar refractivity (Wildman–Crippen MR) is 75.7 cm³/mol. The zero-order chi connectivity index (χ0) is 12.5. The maximum atomic E-state index is 6.13. The van der Waals surface area contributed by atoms with Gasteiger partial charge in [0, 0.05) is 18.6 Å². The number of likely N-dealkylation sites (tertiary alicyclic amines) is 1. The summed E-state index contributed by atoms with van der Waals surface area (Å²) in [5.74, 6) is 0.653. The summed E-state index contributed by atoms with van der Waals surface area (Å²) in [5.41, 5.74) is 9.25. The largest absolute Gasteiger partial charge is 0.327 e. The Bertz CT molecular complexity index is 415. The molecule has 2 nitrogen and oxygen atoms in total. The molecule has 0 radical (unpaired) electrons. The van der Waals surface area contributed by atoms with Gasteiger partial charge in [0.2, 0.25) is 0 Å². The molecule has 2 heteroatoms. The summed E-state index contributed by atoms with van der Waals surface area (Å²) < 4.78 is 0. The molecule has 2 aliphatic rings. The molecule has 1 aromatic rings. The lowest BCUT2D eigenvalue weighted by Crippen LogP contribution is -2.50. The van der Waals surface area contributed by atoms with Crippen LogP contribution in [-0.4, -0.2) is 30.1 Å². The number of piperidine rings is 1. The summed E-state index contributed by atoms with van der Waals surface area (Å²) in [4.78, 5) is 2.65. The molecule has 1 aliphatic heterocycles. The number of hydrogen-bond acceptors (Lipinski definition) is 2. The van der Waals surface area contributed by atoms with Crippen molar-refractivity contribution in [3.8, 4) is 0 Å². The molecule has 0 bridgehead atoms. The van der Waals surface area contributed by atoms with Crippen LogP contribution in [0.3, 0.4) is 0 Å². The van der Waals surface area contributed by atoms with E-state index in [1.54, 1.807) is 11.1 Å². The molecule has 0 unspecified atom stereocenters. The van der Waals surface area contributed by atoms with Gasteiger partial charge < -0.3 is 5.73 Å². The Balaban J connectivity index is 1.79. The fourth-order valence-electron chi connectivity index (χ4n) is 3.81. The van der Waals surface area contributed by atoms with Crippen molar-refractivity contribution in [3.05, 3.63) is 35.4 Å². The first-order chi connectivity index (χ1) is 8.75. The zero-order valence-electron chi connectivity index (χ0n) is 11.3. The molecule has 1 aromatic carbocycles. The zero-order valence-corrected chi connectivity index (χ0v) is 11.3. The maximum absolute atomic E-state index is 6.13. The van der Waals surface area contributed by atoms with E-state index in [2.05, 4.69) is 36.1 Å². The Hall–Kier alpha value is -0.860. The molecule has 1 fully saturated rings. The van der Waals surface area contributed by atoms with Gasteiger partial charge in [0.1, 0.15) is 0 Å². The summed E-state index contributed by atoms with van der Waals surface area (Å²) in [6.45, 7) is 4.73. The van der Waals surface area contributed by atoms with Crippen molar-refractivity contribution in [2.75, 3.05) is 13.1 Å². The van der Waals surface area contributed by atoms with Crippen LogP contribution >= 0.6 is 0 Å². The first kappa shape index (κ1) is 12.2. The van der Waals surface area contributed by atoms with Crippen molar-refractivity contribution in [1.82, 2.24) is 4.90 Å². The third-order valence-corrected chi connectivity index (χ3v) is 4.79. The van der Waals surface area contributed by atoms with Crippen LogP contribution in [0.4, 0.5) is 0 Å². The fourth-order valence-corrected chi connectivity index (χ4v) is 3.81. The van der Waals surface area contributed by atoms with Gasteiger partial charge in [-0.25, -0.2) is 0 Å². The standard InChI is InChI=1S/C16H24N2/c1-12-15-7-3-2-5-13(15)8-9-16(12)18-10-4-6-14(17)11-18/h2-3,5,7,12,14,16H,4,6,8-11,17H2,1H3/t12-,14-,16-/m0/s1. The van der Waals surface area contributed by atoms with Crippen molar-refractivity contribution in [2.24, 2.45) is 5.73 Å². The molecule has 3 rings (SSSR count). The molecule has 3 atom stereocenters. The first-order valence-corrected chi connectivity index (χ1v) is 7.33. The number of nitrogens with two attached hydrogens (primary N) is 1. The summed E-state index contributed by atoms with van der Waals surface area (Å²) in [6.07, 6.45) is 5.00. The van der Waals surface area contributed by atoms with Crippen LogP contribution < -0.4 is 5.73 Å². The Morgan fingerprint density at radius 3 is 2.89 bits per heavy atom. The minimum Gasteiger partial charge on any atom is -0.327 e. The molecule has 0 amide bonds. The molecule has 0 saturated carbocycles. The molecule has 1 heterocycles. The molecule has 2 N–H and O–H groups in total. The van der Waals surface area contributed by atoms with E-state index >= 15 is 0 Å². The molecule has 1 aliphatic carbocycles. The van der Waals surface area contributed by atoms with Gasteiger partial charge in [0.05, 0.1) is 0 Å². The number of benzene rings is 1. The van der Waals surface area contributed by atoms with Crippen LogP contribution in [0.5, 0.6) is 0 Å². The summed E-state index contributed by atoms with van der Waals surface area (Å²) in [5, 5.41) is 0. The van der Waals surface area contributed by atoms with Crippen molar-refractivity contribution in [3.63, 3.8) is 0 Å². The smallest absolute Gasteiger partial charge is 0.0168 e. The van der Waals surface area contributed by atoms with E-state index in [4.69, 9.17) is 5.73 Å². The monoisotopic (exact) mass is 244 g/mol. The van der Waals surface area contributed by atoms with Crippen molar-refractivity contribution in [2.45, 2.75) is 50.6 Å². The lowest BCUT2D eigenvalue weighted by Gasteiger charge is -2.43. The minimum absolute atomic E-state index is 0.392. The van der Waals surface area contributed by atoms with Crippen molar-refractivity contribution >= 4 is 0 Å². The molecule has 98 valence electrons. The van der Waals surface area contributed by atoms with E-state index < -0.39 is 0 Å². The normalized spacial score (nSPS) is 33.1. The SMILES string of the molecule is C[C@H]1c2ccccc2CC[C@@H]1N1CCC[C@H](N)C1. The molecule has 18 heavy (non-hydrogen) atoms. The van der Waals surface area contributed by atoms with Gasteiger partial charge in [-0.05, 0) is 49.3 Å². The van der Waals surface area contributed by atoms with Crippen molar-refractivity contribution < 1.29 is 0 Å². The summed E-state index contributed by atoms with van der Waals surface area (Å²) in [7, 11) is 0. The van der Waals surface area contributed by atoms with E-state index in [0.717, 1.165) is 6.54 Å². The van der Waals surface area contributed by atoms with E-state index in [0.29, 0.717) is 18.0 Å². The van der Waals surface area contributed by atoms with Crippen LogP contribution in [0, 0.1) is 0 Å². The predicted octanol–water partition coefficient (Wildman–Crippen LogP) is 2.53. The highest BCUT2D eigenvalue weighted by atomic mass is 15.2. The topological polar surface area (TPSA) is 29.3 Å². The summed E-state index contributed by atoms with van der Waals surface area (Å²) >= 11 is 0. The van der Waals surface area contributed by atoms with Gasteiger partial charge in [-0.2, -0.15) is 0 Å². The molecular weight excluding hydrogens is 220 g/mol. The third-order valence-electron chi connectivity index (χ3n) is 4.79. The average molecular weight is 244 g/mol. The maximum Gasteiger partial charge on any atom is 0.0168 e. The van der Waals surface area contributed by atoms with Gasteiger partial charge in [0.15, 0.2) is 0 Å². The van der Waals surface area contributed by atoms with Crippen LogP contribution in [0.2, 0.25) is 0 Å². The van der Waals surface area contributed by atoms with E-state index in [9.17, 15) is 0 Å². The van der Waals surface area contributed by atoms with Gasteiger partial charge in [-0.15, -0.1) is 0 Å². The second-order valence-corrected chi connectivity index (χ2v) is 5.99. The highest BCUT2D eigenvalue weighted by molar-refractivity contribution is 5.33. The van der Waals surface area contributed by atoms with Gasteiger partial charge in [-0.3, -0.25) is 4.90 Å². The van der Waals surface area contributed by atoms with Gasteiger partial charge in [0.25, 0.3) is 0 Å². The molecule has 0 spiro atoms. The van der Waals surface area contributed by atoms with Gasteiger partial charge >= 0.3 is 0 Å². The fraction of sp³-hybridized carbons (Fsp3) is 0.625. The van der Waals surface area contributed by atoms with Crippen LogP contribution in [0.15, 0.2) is 24.3 Å². The molecule has 1 saturated heterocycles. The lowest BCUT2D eigenvalue weighted by molar-refractivity contribution is 0.121. The molecular formula is C16H24N2. The Morgan fingerprint density at radius 1 is 1.22 bits per heavy atom. The van der Waals surface area contributed by atoms with Crippen LogP contribution in [0.1, 0.15) is 43.2 Å². The minimum atomic E-state index is 0.392. The number of fused-ring (bicyclic) bond motifs is 1. The summed E-state index contributed by atoms with van der Waals surface area (Å²) in [6, 6.07) is 10.1. The first-order valence-electron chi connectivity index (χ1n) is 7.33. The number of nitrogens with zero attached hydrogens (tertiary/aromatic N) is 1. The Morgan fingerprint density at radius 2 is 2.06 bits per heavy atom. The van der Waals surface area contributed by atoms with Gasteiger partial charge in [-0.1, -0.05) is 31.2 Å². The quantitative estimate of drug-likeness (QED) is 0.822. The van der Waals surface area contributed by atoms with E-state index in [-0.39, 0.29) is 0 Å². The Labute approximate surface area is 110 Å².